The van der Waals surface area contributed by atoms with Crippen molar-refractivity contribution in [3.8, 4) is 0 Å². The van der Waals surface area contributed by atoms with Crippen molar-refractivity contribution in [3.05, 3.63) is 65.9 Å². The van der Waals surface area contributed by atoms with Gasteiger partial charge in [-0.3, -0.25) is 0 Å². The summed E-state index contributed by atoms with van der Waals surface area (Å²) in [5.74, 6) is 0.936. The summed E-state index contributed by atoms with van der Waals surface area (Å²) in [7, 11) is 0. The van der Waals surface area contributed by atoms with E-state index in [1.807, 2.05) is 30.2 Å². The van der Waals surface area contributed by atoms with Gasteiger partial charge in [-0.2, -0.15) is 0 Å². The van der Waals surface area contributed by atoms with Crippen molar-refractivity contribution in [2.45, 2.75) is 36.8 Å². The van der Waals surface area contributed by atoms with Gasteiger partial charge in [0.1, 0.15) is 5.58 Å². The van der Waals surface area contributed by atoms with E-state index in [9.17, 15) is 0 Å². The maximum atomic E-state index is 5.59. The number of fused-ring (bicyclic) bond motifs is 1. The number of rotatable bonds is 3. The van der Waals surface area contributed by atoms with Crippen molar-refractivity contribution in [3.63, 3.8) is 0 Å². The Balaban J connectivity index is 1.73. The Morgan fingerprint density at radius 3 is 2.38 bits per heavy atom. The molecular weight excluding hydrogens is 276 g/mol. The molecule has 0 N–H and O–H groups in total. The minimum Gasteiger partial charge on any atom is -0.464 e. The van der Waals surface area contributed by atoms with Gasteiger partial charge in [0.15, 0.2) is 0 Å². The molecule has 0 aliphatic carbocycles. The minimum atomic E-state index is 0.212. The molecule has 0 spiro atoms. The van der Waals surface area contributed by atoms with E-state index in [4.69, 9.17) is 4.42 Å². The zero-order chi connectivity index (χ0) is 14.9. The Hall–Kier alpha value is -1.67. The molecule has 1 heterocycles. The van der Waals surface area contributed by atoms with Gasteiger partial charge in [0.05, 0.1) is 6.26 Å². The quantitative estimate of drug-likeness (QED) is 0.548. The molecule has 3 rings (SSSR count). The Morgan fingerprint density at radius 2 is 1.67 bits per heavy atom. The number of thioether (sulfide) groups is 1. The third-order valence-corrected chi connectivity index (χ3v) is 4.74. The molecule has 0 saturated carbocycles. The van der Waals surface area contributed by atoms with E-state index >= 15 is 0 Å². The molecular formula is C19H20OS. The van der Waals surface area contributed by atoms with Crippen molar-refractivity contribution < 1.29 is 4.42 Å². The van der Waals surface area contributed by atoms with Gasteiger partial charge in [-0.1, -0.05) is 51.1 Å². The third-order valence-electron chi connectivity index (χ3n) is 3.68. The van der Waals surface area contributed by atoms with Crippen LogP contribution in [-0.4, -0.2) is 0 Å². The van der Waals surface area contributed by atoms with E-state index in [0.29, 0.717) is 0 Å². The second-order valence-corrected chi connectivity index (χ2v) is 7.37. The molecule has 3 aromatic rings. The Bertz CT molecular complexity index is 732. The average molecular weight is 296 g/mol. The molecule has 21 heavy (non-hydrogen) atoms. The maximum Gasteiger partial charge on any atom is 0.134 e. The van der Waals surface area contributed by atoms with Gasteiger partial charge in [-0.15, -0.1) is 11.8 Å². The number of hydrogen-bond donors (Lipinski definition) is 0. The molecule has 0 unspecified atom stereocenters. The van der Waals surface area contributed by atoms with Gasteiger partial charge in [0.25, 0.3) is 0 Å². The van der Waals surface area contributed by atoms with Crippen LogP contribution in [0.1, 0.15) is 31.9 Å². The highest BCUT2D eigenvalue weighted by molar-refractivity contribution is 7.98. The van der Waals surface area contributed by atoms with Gasteiger partial charge in [0.2, 0.25) is 0 Å². The van der Waals surface area contributed by atoms with Crippen LogP contribution in [0.15, 0.2) is 64.1 Å². The summed E-state index contributed by atoms with van der Waals surface area (Å²) in [4.78, 5) is 1.30. The Kier molecular flexibility index (Phi) is 3.81. The minimum absolute atomic E-state index is 0.212. The van der Waals surface area contributed by atoms with E-state index in [2.05, 4.69) is 57.2 Å². The van der Waals surface area contributed by atoms with Crippen LogP contribution in [0.25, 0.3) is 11.0 Å². The van der Waals surface area contributed by atoms with Crippen molar-refractivity contribution >= 4 is 22.7 Å². The molecule has 0 aliphatic heterocycles. The number of hydrogen-bond acceptors (Lipinski definition) is 2. The second kappa shape index (κ2) is 5.61. The summed E-state index contributed by atoms with van der Waals surface area (Å²) in [5, 5.41) is 1.22. The molecule has 0 atom stereocenters. The van der Waals surface area contributed by atoms with Crippen LogP contribution < -0.4 is 0 Å². The highest BCUT2D eigenvalue weighted by Gasteiger charge is 2.13. The van der Waals surface area contributed by atoms with Crippen LogP contribution in [0.4, 0.5) is 0 Å². The first-order chi connectivity index (χ1) is 10.0. The molecule has 1 aromatic heterocycles. The van der Waals surface area contributed by atoms with Gasteiger partial charge >= 0.3 is 0 Å². The summed E-state index contributed by atoms with van der Waals surface area (Å²) < 4.78 is 5.59. The highest BCUT2D eigenvalue weighted by Crippen LogP contribution is 2.30. The van der Waals surface area contributed by atoms with E-state index < -0.39 is 0 Å². The number of furan rings is 1. The first kappa shape index (κ1) is 14.3. The molecule has 0 amide bonds. The molecule has 2 aromatic carbocycles. The van der Waals surface area contributed by atoms with Crippen LogP contribution in [0.2, 0.25) is 0 Å². The van der Waals surface area contributed by atoms with Crippen molar-refractivity contribution in [1.82, 2.24) is 0 Å². The Morgan fingerprint density at radius 1 is 0.952 bits per heavy atom. The van der Waals surface area contributed by atoms with Gasteiger partial charge in [-0.25, -0.2) is 0 Å². The number of benzene rings is 2. The van der Waals surface area contributed by atoms with Crippen LogP contribution in [0.3, 0.4) is 0 Å². The fourth-order valence-corrected chi connectivity index (χ4v) is 3.23. The predicted octanol–water partition coefficient (Wildman–Crippen LogP) is 6.02. The van der Waals surface area contributed by atoms with Gasteiger partial charge in [0, 0.05) is 21.6 Å². The summed E-state index contributed by atoms with van der Waals surface area (Å²) in [5.41, 5.74) is 3.82. The molecule has 0 bridgehead atoms. The fraction of sp³-hybridized carbons (Fsp3) is 0.263. The summed E-state index contributed by atoms with van der Waals surface area (Å²) in [6, 6.07) is 17.1. The molecule has 2 heteroatoms. The van der Waals surface area contributed by atoms with Crippen LogP contribution >= 0.6 is 11.8 Å². The molecule has 0 aliphatic rings. The first-order valence-corrected chi connectivity index (χ1v) is 8.21. The Labute approximate surface area is 130 Å². The first-order valence-electron chi connectivity index (χ1n) is 7.22. The zero-order valence-corrected chi connectivity index (χ0v) is 13.5. The van der Waals surface area contributed by atoms with E-state index in [0.717, 1.165) is 11.3 Å². The lowest BCUT2D eigenvalue weighted by atomic mass is 9.87. The van der Waals surface area contributed by atoms with Crippen LogP contribution in [-0.2, 0) is 11.2 Å². The second-order valence-electron chi connectivity index (χ2n) is 6.32. The zero-order valence-electron chi connectivity index (χ0n) is 12.7. The maximum absolute atomic E-state index is 5.59. The average Bonchev–Trinajstić information content (AvgIpc) is 2.88. The fourth-order valence-electron chi connectivity index (χ4n) is 2.36. The smallest absolute Gasteiger partial charge is 0.134 e. The lowest BCUT2D eigenvalue weighted by molar-refractivity contribution is 0.590. The number of para-hydroxylation sites is 1. The lowest BCUT2D eigenvalue weighted by Gasteiger charge is -2.19. The SMILES string of the molecule is CC(C)(C)c1ccc(SCc2coc3ccccc23)cc1. The van der Waals surface area contributed by atoms with E-state index in [-0.39, 0.29) is 5.41 Å². The van der Waals surface area contributed by atoms with Crippen LogP contribution in [0, 0.1) is 0 Å². The summed E-state index contributed by atoms with van der Waals surface area (Å²) in [6.45, 7) is 6.73. The molecule has 0 fully saturated rings. The lowest BCUT2D eigenvalue weighted by Crippen LogP contribution is -2.10. The molecule has 0 saturated heterocycles. The normalized spacial score (nSPS) is 12.0. The topological polar surface area (TPSA) is 13.1 Å². The van der Waals surface area contributed by atoms with Gasteiger partial charge < -0.3 is 4.42 Å². The van der Waals surface area contributed by atoms with E-state index in [1.54, 1.807) is 0 Å². The predicted molar refractivity (Wildman–Crippen MR) is 90.9 cm³/mol. The van der Waals surface area contributed by atoms with Crippen molar-refractivity contribution in [1.29, 1.82) is 0 Å². The molecule has 1 nitrogen and oxygen atoms in total. The molecule has 0 radical (unpaired) electrons. The summed E-state index contributed by atoms with van der Waals surface area (Å²) in [6.07, 6.45) is 1.88. The van der Waals surface area contributed by atoms with Crippen molar-refractivity contribution in [2.24, 2.45) is 0 Å². The monoisotopic (exact) mass is 296 g/mol. The standard InChI is InChI=1S/C19H20OS/c1-19(2,3)15-8-10-16(11-9-15)21-13-14-12-20-18-7-5-4-6-17(14)18/h4-12H,13H2,1-3H3. The third kappa shape index (κ3) is 3.16. The largest absolute Gasteiger partial charge is 0.464 e. The van der Waals surface area contributed by atoms with E-state index in [1.165, 1.54) is 21.4 Å². The molecule has 108 valence electrons. The highest BCUT2D eigenvalue weighted by atomic mass is 32.2. The summed E-state index contributed by atoms with van der Waals surface area (Å²) >= 11 is 1.85. The van der Waals surface area contributed by atoms with Crippen molar-refractivity contribution in [2.75, 3.05) is 0 Å². The van der Waals surface area contributed by atoms with Crippen LogP contribution in [0.5, 0.6) is 0 Å². The van der Waals surface area contributed by atoms with Gasteiger partial charge in [-0.05, 0) is 29.2 Å².